The number of aryl methyl sites for hydroxylation is 2. The highest BCUT2D eigenvalue weighted by molar-refractivity contribution is 9.10. The van der Waals surface area contributed by atoms with Crippen molar-refractivity contribution in [2.75, 3.05) is 0 Å². The number of pyridine rings is 1. The summed E-state index contributed by atoms with van der Waals surface area (Å²) in [5, 5.41) is 9.94. The molecule has 0 aliphatic heterocycles. The van der Waals surface area contributed by atoms with Crippen LogP contribution >= 0.6 is 15.9 Å². The molecule has 0 amide bonds. The van der Waals surface area contributed by atoms with Crippen LogP contribution in [0.25, 0.3) is 10.9 Å². The number of nitrogens with zero attached hydrogens (tertiary/aromatic N) is 1. The van der Waals surface area contributed by atoms with Gasteiger partial charge >= 0.3 is 5.97 Å². The third kappa shape index (κ3) is 3.28. The Morgan fingerprint density at radius 3 is 2.75 bits per heavy atom. The molecule has 0 fully saturated rings. The van der Waals surface area contributed by atoms with Gasteiger partial charge < -0.3 is 5.11 Å². The number of aromatic nitrogens is 1. The highest BCUT2D eigenvalue weighted by Crippen LogP contribution is 2.22. The van der Waals surface area contributed by atoms with E-state index < -0.39 is 17.6 Å². The van der Waals surface area contributed by atoms with Crippen LogP contribution in [0.2, 0.25) is 0 Å². The van der Waals surface area contributed by atoms with Crippen LogP contribution in [-0.4, -0.2) is 16.1 Å². The van der Waals surface area contributed by atoms with Gasteiger partial charge in [0, 0.05) is 15.9 Å². The lowest BCUT2D eigenvalue weighted by molar-refractivity contribution is 0.0695. The molecule has 2 aromatic carbocycles. The van der Waals surface area contributed by atoms with Crippen LogP contribution < -0.4 is 0 Å². The van der Waals surface area contributed by atoms with Crippen LogP contribution in [0.4, 0.5) is 8.78 Å². The number of hydrogen-bond acceptors (Lipinski definition) is 2. The van der Waals surface area contributed by atoms with Gasteiger partial charge in [0.1, 0.15) is 0 Å². The Morgan fingerprint density at radius 2 is 2.00 bits per heavy atom. The van der Waals surface area contributed by atoms with Crippen LogP contribution in [0.5, 0.6) is 0 Å². The van der Waals surface area contributed by atoms with Crippen molar-refractivity contribution in [2.45, 2.75) is 12.8 Å². The summed E-state index contributed by atoms with van der Waals surface area (Å²) in [7, 11) is 0. The molecule has 0 saturated heterocycles. The summed E-state index contributed by atoms with van der Waals surface area (Å²) < 4.78 is 27.8. The normalized spacial score (nSPS) is 11.0. The number of carboxylic acid groups (broad SMARTS) is 1. The number of fused-ring (bicyclic) bond motifs is 1. The number of carbonyl (C=O) groups is 1. The first kappa shape index (κ1) is 16.5. The van der Waals surface area contributed by atoms with E-state index in [-0.39, 0.29) is 29.7 Å². The number of halogens is 3. The Hall–Kier alpha value is -2.34. The average molecular weight is 391 g/mol. The van der Waals surface area contributed by atoms with Gasteiger partial charge in [0.2, 0.25) is 0 Å². The maximum atomic E-state index is 13.7. The molecule has 1 N–H and O–H groups in total. The van der Waals surface area contributed by atoms with Gasteiger partial charge in [-0.15, -0.1) is 0 Å². The summed E-state index contributed by atoms with van der Waals surface area (Å²) in [6, 6.07) is 12.0. The van der Waals surface area contributed by atoms with Gasteiger partial charge in [-0.05, 0) is 36.6 Å². The summed E-state index contributed by atoms with van der Waals surface area (Å²) >= 11 is 3.34. The maximum absolute atomic E-state index is 13.7. The lowest BCUT2D eigenvalue weighted by Gasteiger charge is -2.08. The molecule has 0 saturated carbocycles. The van der Waals surface area contributed by atoms with E-state index in [1.807, 2.05) is 0 Å². The first-order valence-electron chi connectivity index (χ1n) is 7.13. The minimum absolute atomic E-state index is 0.0540. The van der Waals surface area contributed by atoms with Crippen molar-refractivity contribution in [1.29, 1.82) is 0 Å². The Kier molecular flexibility index (Phi) is 4.57. The molecule has 24 heavy (non-hydrogen) atoms. The SMILES string of the molecule is O=C(O)c1[c]c2ccc(Br)cc2nc1CCc1cccc(F)c1F. The van der Waals surface area contributed by atoms with Crippen LogP contribution in [-0.2, 0) is 12.8 Å². The molecule has 0 aliphatic rings. The van der Waals surface area contributed by atoms with E-state index in [4.69, 9.17) is 0 Å². The number of hydrogen-bond donors (Lipinski definition) is 1. The standard InChI is InChI=1S/C18H11BrF2NO2/c19-12-6-4-11-8-13(18(23)24)15(22-16(11)9-12)7-5-10-2-1-3-14(20)17(10)21/h1-4,6,9H,5,7H2,(H,23,24). The Labute approximate surface area is 145 Å². The second-order valence-corrected chi connectivity index (χ2v) is 6.15. The topological polar surface area (TPSA) is 50.2 Å². The molecule has 6 heteroatoms. The van der Waals surface area contributed by atoms with Gasteiger partial charge in [-0.3, -0.25) is 4.98 Å². The number of rotatable bonds is 4. The third-order valence-electron chi connectivity index (χ3n) is 3.64. The van der Waals surface area contributed by atoms with E-state index in [0.717, 1.165) is 10.5 Å². The van der Waals surface area contributed by atoms with Gasteiger partial charge in [0.05, 0.1) is 16.8 Å². The lowest BCUT2D eigenvalue weighted by atomic mass is 10.0. The van der Waals surface area contributed by atoms with Crippen LogP contribution in [0.15, 0.2) is 40.9 Å². The van der Waals surface area contributed by atoms with Crippen molar-refractivity contribution < 1.29 is 18.7 Å². The molecule has 0 spiro atoms. The second-order valence-electron chi connectivity index (χ2n) is 5.24. The molecular weight excluding hydrogens is 380 g/mol. The average Bonchev–Trinajstić information content (AvgIpc) is 2.55. The zero-order chi connectivity index (χ0) is 17.3. The van der Waals surface area contributed by atoms with Gasteiger partial charge in [-0.25, -0.2) is 13.6 Å². The summed E-state index contributed by atoms with van der Waals surface area (Å²) in [4.78, 5) is 15.8. The molecule has 0 atom stereocenters. The minimum Gasteiger partial charge on any atom is -0.478 e. The second kappa shape index (κ2) is 6.65. The van der Waals surface area contributed by atoms with E-state index in [1.165, 1.54) is 12.1 Å². The van der Waals surface area contributed by atoms with Gasteiger partial charge in [0.15, 0.2) is 11.6 Å². The van der Waals surface area contributed by atoms with Gasteiger partial charge in [0.25, 0.3) is 0 Å². The maximum Gasteiger partial charge on any atom is 0.338 e. The third-order valence-corrected chi connectivity index (χ3v) is 4.13. The molecule has 1 radical (unpaired) electrons. The zero-order valence-electron chi connectivity index (χ0n) is 12.3. The molecule has 1 aromatic heterocycles. The molecular formula is C18H11BrF2NO2. The number of benzene rings is 2. The smallest absolute Gasteiger partial charge is 0.338 e. The summed E-state index contributed by atoms with van der Waals surface area (Å²) in [6.45, 7) is 0. The fraction of sp³-hybridized carbons (Fsp3) is 0.111. The molecule has 121 valence electrons. The molecule has 3 rings (SSSR count). The van der Waals surface area contributed by atoms with Crippen LogP contribution in [0.1, 0.15) is 21.6 Å². The predicted molar refractivity (Wildman–Crippen MR) is 89.0 cm³/mol. The van der Waals surface area contributed by atoms with Crippen molar-refractivity contribution in [3.63, 3.8) is 0 Å². The fourth-order valence-electron chi connectivity index (χ4n) is 2.46. The molecule has 3 aromatic rings. The number of aromatic carboxylic acids is 1. The van der Waals surface area contributed by atoms with E-state index in [1.54, 1.807) is 18.2 Å². The van der Waals surface area contributed by atoms with Crippen molar-refractivity contribution >= 4 is 32.8 Å². The van der Waals surface area contributed by atoms with Crippen molar-refractivity contribution in [3.05, 3.63) is 75.4 Å². The van der Waals surface area contributed by atoms with E-state index in [9.17, 15) is 18.7 Å². The molecule has 1 heterocycles. The molecule has 3 nitrogen and oxygen atoms in total. The highest BCUT2D eigenvalue weighted by atomic mass is 79.9. The quantitative estimate of drug-likeness (QED) is 0.710. The first-order valence-corrected chi connectivity index (χ1v) is 7.92. The van der Waals surface area contributed by atoms with E-state index in [2.05, 4.69) is 27.0 Å². The Bertz CT molecular complexity index is 944. The van der Waals surface area contributed by atoms with Gasteiger partial charge in [-0.1, -0.05) is 34.1 Å². The van der Waals surface area contributed by atoms with Crippen LogP contribution in [0.3, 0.4) is 0 Å². The van der Waals surface area contributed by atoms with Crippen molar-refractivity contribution in [1.82, 2.24) is 4.98 Å². The van der Waals surface area contributed by atoms with E-state index >= 15 is 0 Å². The summed E-state index contributed by atoms with van der Waals surface area (Å²) in [5.74, 6) is -2.99. The summed E-state index contributed by atoms with van der Waals surface area (Å²) in [5.41, 5.74) is 1.00. The largest absolute Gasteiger partial charge is 0.478 e. The number of carboxylic acids is 1. The molecule has 0 aliphatic carbocycles. The fourth-order valence-corrected chi connectivity index (χ4v) is 2.81. The highest BCUT2D eigenvalue weighted by Gasteiger charge is 2.15. The summed E-state index contributed by atoms with van der Waals surface area (Å²) in [6.07, 6.45) is 0.311. The minimum atomic E-state index is -1.15. The Morgan fingerprint density at radius 1 is 1.21 bits per heavy atom. The molecule has 0 bridgehead atoms. The molecule has 0 unspecified atom stereocenters. The predicted octanol–water partition coefficient (Wildman–Crippen LogP) is 4.56. The lowest BCUT2D eigenvalue weighted by Crippen LogP contribution is -2.08. The Balaban J connectivity index is 1.99. The van der Waals surface area contributed by atoms with E-state index in [0.29, 0.717) is 10.9 Å². The van der Waals surface area contributed by atoms with Gasteiger partial charge in [-0.2, -0.15) is 0 Å². The monoisotopic (exact) mass is 390 g/mol. The van der Waals surface area contributed by atoms with Crippen molar-refractivity contribution in [3.8, 4) is 0 Å². The van der Waals surface area contributed by atoms with Crippen molar-refractivity contribution in [2.24, 2.45) is 0 Å². The van der Waals surface area contributed by atoms with Crippen LogP contribution in [0, 0.1) is 17.7 Å². The zero-order valence-corrected chi connectivity index (χ0v) is 13.9. The first-order chi connectivity index (χ1) is 11.5.